The Balaban J connectivity index is 1.71. The van der Waals surface area contributed by atoms with Crippen LogP contribution in [0.4, 0.5) is 0 Å². The number of hydrogen-bond donors (Lipinski definition) is 1. The van der Waals surface area contributed by atoms with E-state index in [4.69, 9.17) is 10.2 Å². The summed E-state index contributed by atoms with van der Waals surface area (Å²) in [4.78, 5) is 25.4. The van der Waals surface area contributed by atoms with Crippen molar-refractivity contribution in [3.8, 4) is 0 Å². The lowest BCUT2D eigenvalue weighted by Gasteiger charge is -2.32. The minimum atomic E-state index is -0.281. The van der Waals surface area contributed by atoms with Gasteiger partial charge in [-0.05, 0) is 49.4 Å². The Morgan fingerprint density at radius 3 is 2.96 bits per heavy atom. The van der Waals surface area contributed by atoms with Crippen LogP contribution in [0.2, 0.25) is 0 Å². The molecule has 0 saturated carbocycles. The zero-order valence-electron chi connectivity index (χ0n) is 12.8. The number of carbonyl (C=O) groups excluding carboxylic acids is 2. The van der Waals surface area contributed by atoms with Gasteiger partial charge in [-0.3, -0.25) is 9.59 Å². The molecular weight excluding hydrogens is 360 g/mol. The van der Waals surface area contributed by atoms with E-state index in [1.807, 2.05) is 23.1 Å². The highest BCUT2D eigenvalue weighted by Gasteiger charge is 2.26. The summed E-state index contributed by atoms with van der Waals surface area (Å²) < 4.78 is 6.64. The molecule has 0 aliphatic carbocycles. The molecule has 1 aromatic heterocycles. The highest BCUT2D eigenvalue weighted by Crippen LogP contribution is 2.26. The van der Waals surface area contributed by atoms with Gasteiger partial charge in [-0.25, -0.2) is 0 Å². The van der Waals surface area contributed by atoms with Crippen LogP contribution in [0.3, 0.4) is 0 Å². The molecule has 0 bridgehead atoms. The van der Waals surface area contributed by atoms with Gasteiger partial charge in [0.15, 0.2) is 5.76 Å². The number of nitrogens with two attached hydrogens (primary N) is 1. The van der Waals surface area contributed by atoms with Crippen LogP contribution in [-0.4, -0.2) is 29.8 Å². The summed E-state index contributed by atoms with van der Waals surface area (Å²) in [6.07, 6.45) is 3.10. The first kappa shape index (κ1) is 16.1. The van der Waals surface area contributed by atoms with E-state index >= 15 is 0 Å². The van der Waals surface area contributed by atoms with E-state index in [1.165, 1.54) is 0 Å². The molecule has 1 saturated heterocycles. The fourth-order valence-electron chi connectivity index (χ4n) is 3.11. The molecule has 2 N–H and O–H groups in total. The molecule has 2 heterocycles. The maximum absolute atomic E-state index is 12.7. The van der Waals surface area contributed by atoms with Gasteiger partial charge in [-0.1, -0.05) is 15.9 Å². The van der Waals surface area contributed by atoms with Gasteiger partial charge in [-0.15, -0.1) is 0 Å². The summed E-state index contributed by atoms with van der Waals surface area (Å²) in [5, 5.41) is 0.907. The molecule has 3 rings (SSSR count). The number of hydrogen-bond acceptors (Lipinski definition) is 3. The molecule has 1 aromatic carbocycles. The smallest absolute Gasteiger partial charge is 0.289 e. The third kappa shape index (κ3) is 3.75. The Labute approximate surface area is 142 Å². The summed E-state index contributed by atoms with van der Waals surface area (Å²) in [6, 6.07) is 7.46. The topological polar surface area (TPSA) is 76.5 Å². The van der Waals surface area contributed by atoms with Crippen LogP contribution in [0, 0.1) is 5.92 Å². The van der Waals surface area contributed by atoms with Gasteiger partial charge in [0.25, 0.3) is 5.91 Å². The van der Waals surface area contributed by atoms with Crippen LogP contribution in [0.25, 0.3) is 11.0 Å². The van der Waals surface area contributed by atoms with Crippen LogP contribution in [0.15, 0.2) is 33.2 Å². The van der Waals surface area contributed by atoms with Gasteiger partial charge < -0.3 is 15.1 Å². The number of amides is 2. The van der Waals surface area contributed by atoms with Gasteiger partial charge in [0.2, 0.25) is 5.91 Å². The van der Waals surface area contributed by atoms with Crippen molar-refractivity contribution in [3.05, 3.63) is 34.5 Å². The number of nitrogens with zero attached hydrogens (tertiary/aromatic N) is 1. The summed E-state index contributed by atoms with van der Waals surface area (Å²) in [6.45, 7) is 1.39. The molecule has 1 fully saturated rings. The predicted octanol–water partition coefficient (Wildman–Crippen LogP) is 3.31. The van der Waals surface area contributed by atoms with Gasteiger partial charge in [0, 0.05) is 29.4 Å². The molecule has 2 aromatic rings. The predicted molar refractivity (Wildman–Crippen MR) is 91.0 cm³/mol. The van der Waals surface area contributed by atoms with Gasteiger partial charge in [-0.2, -0.15) is 0 Å². The zero-order valence-corrected chi connectivity index (χ0v) is 14.3. The first-order valence-electron chi connectivity index (χ1n) is 7.79. The van der Waals surface area contributed by atoms with E-state index in [9.17, 15) is 9.59 Å². The molecule has 1 aliphatic rings. The molecule has 0 radical (unpaired) electrons. The van der Waals surface area contributed by atoms with Gasteiger partial charge in [0.1, 0.15) is 5.58 Å². The largest absolute Gasteiger partial charge is 0.451 e. The van der Waals surface area contributed by atoms with Crippen molar-refractivity contribution in [2.75, 3.05) is 13.1 Å². The second-order valence-corrected chi connectivity index (χ2v) is 6.97. The standard InChI is InChI=1S/C17H19BrN2O3/c18-13-4-5-14-12(8-13)9-15(23-14)17(22)20-7-1-2-11(10-20)3-6-16(19)21/h4-5,8-9,11H,1-3,6-7,10H2,(H2,19,21)/t11-/m0/s1. The van der Waals surface area contributed by atoms with E-state index in [0.717, 1.165) is 35.7 Å². The second kappa shape index (κ2) is 6.74. The quantitative estimate of drug-likeness (QED) is 0.886. The lowest BCUT2D eigenvalue weighted by Crippen LogP contribution is -2.40. The summed E-state index contributed by atoms with van der Waals surface area (Å²) in [5.74, 6) is 0.338. The first-order chi connectivity index (χ1) is 11.0. The molecule has 0 spiro atoms. The fraction of sp³-hybridized carbons (Fsp3) is 0.412. The van der Waals surface area contributed by atoms with E-state index < -0.39 is 0 Å². The highest BCUT2D eigenvalue weighted by molar-refractivity contribution is 9.10. The van der Waals surface area contributed by atoms with Crippen LogP contribution in [0.1, 0.15) is 36.2 Å². The van der Waals surface area contributed by atoms with Gasteiger partial charge in [0.05, 0.1) is 0 Å². The third-order valence-corrected chi connectivity index (χ3v) is 4.79. The Hall–Kier alpha value is -1.82. The molecule has 1 atom stereocenters. The highest BCUT2D eigenvalue weighted by atomic mass is 79.9. The lowest BCUT2D eigenvalue weighted by atomic mass is 9.93. The van der Waals surface area contributed by atoms with Crippen LogP contribution in [0.5, 0.6) is 0 Å². The van der Waals surface area contributed by atoms with E-state index in [0.29, 0.717) is 30.2 Å². The number of carbonyl (C=O) groups is 2. The molecule has 5 nitrogen and oxygen atoms in total. The van der Waals surface area contributed by atoms with E-state index in [-0.39, 0.29) is 11.8 Å². The molecule has 122 valence electrons. The summed E-state index contributed by atoms with van der Waals surface area (Å²) >= 11 is 3.42. The molecule has 2 amide bonds. The van der Waals surface area contributed by atoms with E-state index in [2.05, 4.69) is 15.9 Å². The molecule has 23 heavy (non-hydrogen) atoms. The summed E-state index contributed by atoms with van der Waals surface area (Å²) in [5.41, 5.74) is 5.92. The number of furan rings is 1. The van der Waals surface area contributed by atoms with Crippen molar-refractivity contribution in [1.29, 1.82) is 0 Å². The number of rotatable bonds is 4. The van der Waals surface area contributed by atoms with Crippen molar-refractivity contribution in [1.82, 2.24) is 4.90 Å². The number of fused-ring (bicyclic) bond motifs is 1. The Kier molecular flexibility index (Phi) is 4.71. The van der Waals surface area contributed by atoms with Gasteiger partial charge >= 0.3 is 0 Å². The molecular formula is C17H19BrN2O3. The van der Waals surface area contributed by atoms with Crippen molar-refractivity contribution >= 4 is 38.7 Å². The zero-order chi connectivity index (χ0) is 16.4. The number of piperidine rings is 1. The molecule has 0 unspecified atom stereocenters. The maximum Gasteiger partial charge on any atom is 0.289 e. The number of primary amides is 1. The SMILES string of the molecule is NC(=O)CC[C@@H]1CCCN(C(=O)c2cc3cc(Br)ccc3o2)C1. The second-order valence-electron chi connectivity index (χ2n) is 6.06. The number of benzene rings is 1. The lowest BCUT2D eigenvalue weighted by molar-refractivity contribution is -0.118. The van der Waals surface area contributed by atoms with Crippen LogP contribution in [-0.2, 0) is 4.79 Å². The van der Waals surface area contributed by atoms with Crippen molar-refractivity contribution in [2.24, 2.45) is 11.7 Å². The molecule has 1 aliphatic heterocycles. The van der Waals surface area contributed by atoms with Crippen molar-refractivity contribution in [3.63, 3.8) is 0 Å². The van der Waals surface area contributed by atoms with Crippen molar-refractivity contribution in [2.45, 2.75) is 25.7 Å². The fourth-order valence-corrected chi connectivity index (χ4v) is 3.49. The number of halogens is 1. The average molecular weight is 379 g/mol. The average Bonchev–Trinajstić information content (AvgIpc) is 2.95. The maximum atomic E-state index is 12.7. The number of likely N-dealkylation sites (tertiary alicyclic amines) is 1. The normalized spacial score (nSPS) is 18.3. The van der Waals surface area contributed by atoms with Crippen molar-refractivity contribution < 1.29 is 14.0 Å². The summed E-state index contributed by atoms with van der Waals surface area (Å²) in [7, 11) is 0. The Bertz CT molecular complexity index is 741. The van der Waals surface area contributed by atoms with Crippen LogP contribution >= 0.6 is 15.9 Å². The first-order valence-corrected chi connectivity index (χ1v) is 8.59. The minimum Gasteiger partial charge on any atom is -0.451 e. The van der Waals surface area contributed by atoms with E-state index in [1.54, 1.807) is 6.07 Å². The Morgan fingerprint density at radius 2 is 2.17 bits per heavy atom. The monoisotopic (exact) mass is 378 g/mol. The third-order valence-electron chi connectivity index (χ3n) is 4.29. The molecule has 6 heteroatoms. The van der Waals surface area contributed by atoms with Crippen LogP contribution < -0.4 is 5.73 Å². The minimum absolute atomic E-state index is 0.0823. The Morgan fingerprint density at radius 1 is 1.35 bits per heavy atom.